The minimum atomic E-state index is -0.220. The first kappa shape index (κ1) is 15.3. The number of carbonyl (C=O) groups is 1. The lowest BCUT2D eigenvalue weighted by Gasteiger charge is -2.15. The Morgan fingerprint density at radius 3 is 2.86 bits per heavy atom. The molecule has 0 fully saturated rings. The van der Waals surface area contributed by atoms with Crippen LogP contribution in [0.5, 0.6) is 0 Å². The Morgan fingerprint density at radius 1 is 1.33 bits per heavy atom. The number of carbonyl (C=O) groups excluding carboxylic acids is 1. The van der Waals surface area contributed by atoms with Crippen LogP contribution in [0.2, 0.25) is 0 Å². The summed E-state index contributed by atoms with van der Waals surface area (Å²) in [6.45, 7) is 5.26. The van der Waals surface area contributed by atoms with E-state index in [-0.39, 0.29) is 11.9 Å². The van der Waals surface area contributed by atoms with Gasteiger partial charge in [0.15, 0.2) is 0 Å². The lowest BCUT2D eigenvalue weighted by molar-refractivity contribution is -0.122. The number of hydrogen-bond acceptors (Lipinski definition) is 3. The number of nitrogens with one attached hydrogen (secondary N) is 2. The maximum atomic E-state index is 11.8. The van der Waals surface area contributed by atoms with Crippen LogP contribution in [0.1, 0.15) is 25.8 Å². The maximum Gasteiger partial charge on any atom is 0.236 e. The van der Waals surface area contributed by atoms with Crippen LogP contribution in [-0.4, -0.2) is 28.3 Å². The van der Waals surface area contributed by atoms with Gasteiger partial charge in [-0.1, -0.05) is 25.1 Å². The molecule has 5 heteroatoms. The van der Waals surface area contributed by atoms with Gasteiger partial charge in [0.2, 0.25) is 5.91 Å². The molecule has 112 valence electrons. The van der Waals surface area contributed by atoms with E-state index in [1.807, 2.05) is 55.1 Å². The third-order valence-corrected chi connectivity index (χ3v) is 3.28. The lowest BCUT2D eigenvalue weighted by atomic mass is 10.1. The van der Waals surface area contributed by atoms with E-state index >= 15 is 0 Å². The highest BCUT2D eigenvalue weighted by Crippen LogP contribution is 2.13. The largest absolute Gasteiger partial charge is 0.355 e. The van der Waals surface area contributed by atoms with Gasteiger partial charge in [0.1, 0.15) is 0 Å². The van der Waals surface area contributed by atoms with Crippen molar-refractivity contribution in [2.45, 2.75) is 32.9 Å². The number of hydrogen-bond donors (Lipinski definition) is 2. The molecule has 0 aliphatic rings. The first-order chi connectivity index (χ1) is 10.2. The summed E-state index contributed by atoms with van der Waals surface area (Å²) in [4.78, 5) is 11.8. The van der Waals surface area contributed by atoms with Gasteiger partial charge in [-0.2, -0.15) is 5.10 Å². The molecule has 2 aromatic rings. The van der Waals surface area contributed by atoms with Gasteiger partial charge in [-0.25, -0.2) is 4.68 Å². The number of aromatic nitrogens is 2. The summed E-state index contributed by atoms with van der Waals surface area (Å²) >= 11 is 0. The molecule has 0 spiro atoms. The summed E-state index contributed by atoms with van der Waals surface area (Å²) in [6, 6.07) is 9.71. The van der Waals surface area contributed by atoms with Gasteiger partial charge in [0.05, 0.1) is 11.7 Å². The van der Waals surface area contributed by atoms with Gasteiger partial charge in [-0.15, -0.1) is 0 Å². The van der Waals surface area contributed by atoms with Crippen molar-refractivity contribution in [1.29, 1.82) is 0 Å². The molecule has 0 radical (unpaired) electrons. The smallest absolute Gasteiger partial charge is 0.236 e. The van der Waals surface area contributed by atoms with Crippen molar-refractivity contribution in [3.8, 4) is 5.69 Å². The van der Waals surface area contributed by atoms with Gasteiger partial charge >= 0.3 is 0 Å². The second-order valence-corrected chi connectivity index (χ2v) is 4.97. The molecule has 0 aliphatic heterocycles. The average molecular weight is 286 g/mol. The standard InChI is InChI=1S/C16H22N4O/c1-3-9-17-16(21)13(2)18-12-14-7-4-5-8-15(14)20-11-6-10-19-20/h4-8,10-11,13,18H,3,9,12H2,1-2H3,(H,17,21). The molecule has 0 aliphatic carbocycles. The second kappa shape index (κ2) is 7.59. The zero-order valence-electron chi connectivity index (χ0n) is 12.5. The summed E-state index contributed by atoms with van der Waals surface area (Å²) in [5.74, 6) is 0.0356. The molecule has 1 unspecified atom stereocenters. The molecular weight excluding hydrogens is 264 g/mol. The highest BCUT2D eigenvalue weighted by Gasteiger charge is 2.12. The predicted molar refractivity (Wildman–Crippen MR) is 83.2 cm³/mol. The van der Waals surface area contributed by atoms with Gasteiger partial charge in [-0.05, 0) is 31.0 Å². The summed E-state index contributed by atoms with van der Waals surface area (Å²) in [6.07, 6.45) is 4.61. The zero-order valence-corrected chi connectivity index (χ0v) is 12.5. The van der Waals surface area contributed by atoms with Crippen molar-refractivity contribution >= 4 is 5.91 Å². The average Bonchev–Trinajstić information content (AvgIpc) is 3.04. The van der Waals surface area contributed by atoms with E-state index in [1.165, 1.54) is 0 Å². The van der Waals surface area contributed by atoms with Crippen LogP contribution in [0.4, 0.5) is 0 Å². The molecule has 0 bridgehead atoms. The molecule has 5 nitrogen and oxygen atoms in total. The Kier molecular flexibility index (Phi) is 5.51. The molecule has 0 saturated carbocycles. The summed E-state index contributed by atoms with van der Waals surface area (Å²) in [7, 11) is 0. The maximum absolute atomic E-state index is 11.8. The number of rotatable bonds is 7. The Bertz CT molecular complexity index is 565. The number of para-hydroxylation sites is 1. The van der Waals surface area contributed by atoms with Crippen LogP contribution in [-0.2, 0) is 11.3 Å². The molecule has 2 rings (SSSR count). The zero-order chi connectivity index (χ0) is 15.1. The molecule has 21 heavy (non-hydrogen) atoms. The summed E-state index contributed by atoms with van der Waals surface area (Å²) in [5, 5.41) is 10.4. The third kappa shape index (κ3) is 4.16. The predicted octanol–water partition coefficient (Wildman–Crippen LogP) is 1.88. The Morgan fingerprint density at radius 2 is 2.14 bits per heavy atom. The van der Waals surface area contributed by atoms with Crippen molar-refractivity contribution < 1.29 is 4.79 Å². The minimum absolute atomic E-state index is 0.0356. The highest BCUT2D eigenvalue weighted by atomic mass is 16.2. The number of benzene rings is 1. The molecule has 1 aromatic heterocycles. The fraction of sp³-hybridized carbons (Fsp3) is 0.375. The molecule has 1 heterocycles. The van der Waals surface area contributed by atoms with Crippen LogP contribution < -0.4 is 10.6 Å². The van der Waals surface area contributed by atoms with Gasteiger partial charge in [-0.3, -0.25) is 4.79 Å². The van der Waals surface area contributed by atoms with Crippen LogP contribution in [0.25, 0.3) is 5.69 Å². The number of amides is 1. The fourth-order valence-electron chi connectivity index (χ4n) is 2.05. The van der Waals surface area contributed by atoms with Gasteiger partial charge < -0.3 is 10.6 Å². The van der Waals surface area contributed by atoms with E-state index < -0.39 is 0 Å². The Labute approximate surface area is 125 Å². The van der Waals surface area contributed by atoms with Crippen molar-refractivity contribution in [3.05, 3.63) is 48.3 Å². The van der Waals surface area contributed by atoms with E-state index in [2.05, 4.69) is 15.7 Å². The summed E-state index contributed by atoms with van der Waals surface area (Å²) in [5.41, 5.74) is 2.13. The monoisotopic (exact) mass is 286 g/mol. The molecular formula is C16H22N4O. The van der Waals surface area contributed by atoms with E-state index in [0.29, 0.717) is 13.1 Å². The van der Waals surface area contributed by atoms with E-state index in [9.17, 15) is 4.79 Å². The van der Waals surface area contributed by atoms with Crippen molar-refractivity contribution in [2.24, 2.45) is 0 Å². The summed E-state index contributed by atoms with van der Waals surface area (Å²) < 4.78 is 1.83. The minimum Gasteiger partial charge on any atom is -0.355 e. The second-order valence-electron chi connectivity index (χ2n) is 4.97. The Balaban J connectivity index is 1.99. The van der Waals surface area contributed by atoms with Gasteiger partial charge in [0, 0.05) is 25.5 Å². The third-order valence-electron chi connectivity index (χ3n) is 3.28. The first-order valence-electron chi connectivity index (χ1n) is 7.31. The molecule has 1 atom stereocenters. The van der Waals surface area contributed by atoms with E-state index in [0.717, 1.165) is 17.7 Å². The quantitative estimate of drug-likeness (QED) is 0.817. The fourth-order valence-corrected chi connectivity index (χ4v) is 2.05. The van der Waals surface area contributed by atoms with Crippen LogP contribution in [0, 0.1) is 0 Å². The molecule has 2 N–H and O–H groups in total. The highest BCUT2D eigenvalue weighted by molar-refractivity contribution is 5.81. The molecule has 1 aromatic carbocycles. The van der Waals surface area contributed by atoms with Crippen LogP contribution in [0.15, 0.2) is 42.7 Å². The first-order valence-corrected chi connectivity index (χ1v) is 7.31. The number of nitrogens with zero attached hydrogens (tertiary/aromatic N) is 2. The van der Waals surface area contributed by atoms with Gasteiger partial charge in [0.25, 0.3) is 0 Å². The Hall–Kier alpha value is -2.14. The van der Waals surface area contributed by atoms with E-state index in [4.69, 9.17) is 0 Å². The molecule has 0 saturated heterocycles. The lowest BCUT2D eigenvalue weighted by Crippen LogP contribution is -2.42. The van der Waals surface area contributed by atoms with Crippen LogP contribution in [0.3, 0.4) is 0 Å². The SMILES string of the molecule is CCCNC(=O)C(C)NCc1ccccc1-n1cccn1. The van der Waals surface area contributed by atoms with Crippen molar-refractivity contribution in [2.75, 3.05) is 6.54 Å². The van der Waals surface area contributed by atoms with Crippen LogP contribution >= 0.6 is 0 Å². The van der Waals surface area contributed by atoms with Crippen molar-refractivity contribution in [3.63, 3.8) is 0 Å². The topological polar surface area (TPSA) is 59.0 Å². The van der Waals surface area contributed by atoms with Crippen molar-refractivity contribution in [1.82, 2.24) is 20.4 Å². The van der Waals surface area contributed by atoms with E-state index in [1.54, 1.807) is 6.20 Å². The normalized spacial score (nSPS) is 12.1. The molecule has 1 amide bonds.